The Balaban J connectivity index is 1.77. The Morgan fingerprint density at radius 3 is 2.68 bits per heavy atom. The van der Waals surface area contributed by atoms with Gasteiger partial charge >= 0.3 is 0 Å². The van der Waals surface area contributed by atoms with Crippen molar-refractivity contribution in [2.45, 2.75) is 51.3 Å². The summed E-state index contributed by atoms with van der Waals surface area (Å²) in [4.78, 5) is 0. The van der Waals surface area contributed by atoms with Crippen molar-refractivity contribution in [2.24, 2.45) is 0 Å². The zero-order chi connectivity index (χ0) is 20.3. The van der Waals surface area contributed by atoms with Gasteiger partial charge in [-0.25, -0.2) is 4.39 Å². The first-order valence-electron chi connectivity index (χ1n) is 9.13. The number of hydrogen-bond donors (Lipinski definition) is 0. The molecule has 0 N–H and O–H groups in total. The van der Waals surface area contributed by atoms with Crippen molar-refractivity contribution >= 4 is 23.4 Å². The van der Waals surface area contributed by atoms with E-state index < -0.39 is 0 Å². The van der Waals surface area contributed by atoms with Gasteiger partial charge in [0, 0.05) is 22.9 Å². The molecule has 1 unspecified atom stereocenters. The number of thioether (sulfide) groups is 1. The number of rotatable bonds is 7. The average Bonchev–Trinajstić information content (AvgIpc) is 3.06. The molecule has 1 heterocycles. The lowest BCUT2D eigenvalue weighted by atomic mass is 10.1. The van der Waals surface area contributed by atoms with Crippen LogP contribution in [0.3, 0.4) is 0 Å². The Labute approximate surface area is 174 Å². The molecular formula is C21H23ClFN3OS. The predicted molar refractivity (Wildman–Crippen MR) is 112 cm³/mol. The van der Waals surface area contributed by atoms with Crippen LogP contribution in [0.25, 0.3) is 0 Å². The minimum atomic E-state index is -0.311. The molecule has 3 aromatic rings. The molecule has 1 aromatic heterocycles. The summed E-state index contributed by atoms with van der Waals surface area (Å²) in [7, 11) is 0. The fourth-order valence-corrected chi connectivity index (χ4v) is 4.34. The zero-order valence-corrected chi connectivity index (χ0v) is 17.9. The van der Waals surface area contributed by atoms with Crippen LogP contribution in [0.5, 0.6) is 5.75 Å². The highest BCUT2D eigenvalue weighted by molar-refractivity contribution is 7.98. The summed E-state index contributed by atoms with van der Waals surface area (Å²) in [5.41, 5.74) is 2.75. The Morgan fingerprint density at radius 2 is 2.00 bits per heavy atom. The molecule has 0 aliphatic rings. The summed E-state index contributed by atoms with van der Waals surface area (Å²) in [6, 6.07) is 10.8. The van der Waals surface area contributed by atoms with E-state index in [1.165, 1.54) is 23.4 Å². The molecule has 0 saturated carbocycles. The maximum Gasteiger partial charge on any atom is 0.191 e. The van der Waals surface area contributed by atoms with Crippen LogP contribution in [0, 0.1) is 19.7 Å². The highest BCUT2D eigenvalue weighted by Gasteiger charge is 2.20. The maximum atomic E-state index is 14.0. The van der Waals surface area contributed by atoms with Gasteiger partial charge in [0.2, 0.25) is 0 Å². The molecule has 0 aliphatic carbocycles. The molecule has 0 spiro atoms. The highest BCUT2D eigenvalue weighted by Crippen LogP contribution is 2.30. The van der Waals surface area contributed by atoms with Gasteiger partial charge in [0.15, 0.2) is 17.1 Å². The zero-order valence-electron chi connectivity index (χ0n) is 16.4. The van der Waals surface area contributed by atoms with Crippen LogP contribution in [0.2, 0.25) is 5.02 Å². The first kappa shape index (κ1) is 20.7. The van der Waals surface area contributed by atoms with Crippen molar-refractivity contribution in [3.8, 4) is 5.75 Å². The van der Waals surface area contributed by atoms with Crippen molar-refractivity contribution in [1.29, 1.82) is 0 Å². The smallest absolute Gasteiger partial charge is 0.191 e. The lowest BCUT2D eigenvalue weighted by Gasteiger charge is -2.17. The monoisotopic (exact) mass is 419 g/mol. The van der Waals surface area contributed by atoms with E-state index >= 15 is 0 Å². The summed E-state index contributed by atoms with van der Waals surface area (Å²) >= 11 is 7.54. The van der Waals surface area contributed by atoms with Gasteiger partial charge in [0.05, 0.1) is 0 Å². The van der Waals surface area contributed by atoms with E-state index in [1.807, 2.05) is 37.5 Å². The fraction of sp³-hybridized carbons (Fsp3) is 0.333. The molecule has 7 heteroatoms. The number of hydrogen-bond acceptors (Lipinski definition) is 4. The molecular weight excluding hydrogens is 397 g/mol. The number of ether oxygens (including phenoxy) is 1. The van der Waals surface area contributed by atoms with Crippen LogP contribution in [0.1, 0.15) is 42.5 Å². The third-order valence-electron chi connectivity index (χ3n) is 4.47. The summed E-state index contributed by atoms with van der Waals surface area (Å²) in [6.45, 7) is 8.75. The van der Waals surface area contributed by atoms with E-state index in [0.29, 0.717) is 28.0 Å². The maximum absolute atomic E-state index is 14.0. The van der Waals surface area contributed by atoms with Gasteiger partial charge in [-0.2, -0.15) is 0 Å². The quantitative estimate of drug-likeness (QED) is 0.431. The molecule has 148 valence electrons. The Morgan fingerprint density at radius 1 is 1.21 bits per heavy atom. The average molecular weight is 420 g/mol. The van der Waals surface area contributed by atoms with Crippen LogP contribution in [-0.4, -0.2) is 14.8 Å². The van der Waals surface area contributed by atoms with Gasteiger partial charge in [-0.15, -0.1) is 10.2 Å². The third-order valence-corrected chi connectivity index (χ3v) is 5.81. The Hall–Kier alpha value is -2.05. The molecule has 28 heavy (non-hydrogen) atoms. The van der Waals surface area contributed by atoms with Gasteiger partial charge in [-0.1, -0.05) is 47.1 Å². The van der Waals surface area contributed by atoms with Crippen LogP contribution in [0.4, 0.5) is 4.39 Å². The number of nitrogens with zero attached hydrogens (tertiary/aromatic N) is 3. The van der Waals surface area contributed by atoms with Gasteiger partial charge < -0.3 is 9.30 Å². The number of aryl methyl sites for hydroxylation is 2. The molecule has 0 bridgehead atoms. The van der Waals surface area contributed by atoms with Crippen molar-refractivity contribution < 1.29 is 9.13 Å². The van der Waals surface area contributed by atoms with Crippen LogP contribution in [-0.2, 0) is 12.3 Å². The Bertz CT molecular complexity index is 956. The van der Waals surface area contributed by atoms with Crippen molar-refractivity contribution in [3.05, 3.63) is 69.8 Å². The number of benzene rings is 2. The normalized spacial score (nSPS) is 12.2. The molecule has 0 fully saturated rings. The minimum Gasteiger partial charge on any atom is -0.482 e. The minimum absolute atomic E-state index is 0.264. The lowest BCUT2D eigenvalue weighted by molar-refractivity contribution is 0.208. The molecule has 4 nitrogen and oxygen atoms in total. The predicted octanol–water partition coefficient (Wildman–Crippen LogP) is 6.14. The Kier molecular flexibility index (Phi) is 6.62. The lowest BCUT2D eigenvalue weighted by Crippen LogP contribution is -2.12. The van der Waals surface area contributed by atoms with Crippen LogP contribution in [0.15, 0.2) is 41.6 Å². The highest BCUT2D eigenvalue weighted by atomic mass is 35.5. The second-order valence-electron chi connectivity index (χ2n) is 6.60. The second kappa shape index (κ2) is 8.97. The van der Waals surface area contributed by atoms with Crippen molar-refractivity contribution in [2.75, 3.05) is 0 Å². The van der Waals surface area contributed by atoms with Crippen LogP contribution >= 0.6 is 23.4 Å². The van der Waals surface area contributed by atoms with Gasteiger partial charge in [-0.05, 0) is 51.5 Å². The summed E-state index contributed by atoms with van der Waals surface area (Å²) in [5.74, 6) is 1.64. The van der Waals surface area contributed by atoms with Crippen LogP contribution < -0.4 is 4.74 Å². The summed E-state index contributed by atoms with van der Waals surface area (Å²) in [6.07, 6.45) is -0.264. The molecule has 0 radical (unpaired) electrons. The fourth-order valence-electron chi connectivity index (χ4n) is 2.99. The number of aromatic nitrogens is 3. The van der Waals surface area contributed by atoms with E-state index in [2.05, 4.69) is 23.2 Å². The SMILES string of the molecule is CCn1c(SCc2c(F)cccc2Cl)nnc1C(C)Oc1ccc(C)cc1C. The molecule has 3 rings (SSSR count). The van der Waals surface area contributed by atoms with Gasteiger partial charge in [0.1, 0.15) is 11.6 Å². The van der Waals surface area contributed by atoms with E-state index in [-0.39, 0.29) is 11.9 Å². The van der Waals surface area contributed by atoms with E-state index in [9.17, 15) is 4.39 Å². The largest absolute Gasteiger partial charge is 0.482 e. The van der Waals surface area contributed by atoms with E-state index in [4.69, 9.17) is 16.3 Å². The summed E-state index contributed by atoms with van der Waals surface area (Å²) in [5, 5.41) is 9.75. The molecule has 0 saturated heterocycles. The molecule has 2 aromatic carbocycles. The summed E-state index contributed by atoms with van der Waals surface area (Å²) < 4.78 is 22.1. The van der Waals surface area contributed by atoms with E-state index in [1.54, 1.807) is 12.1 Å². The van der Waals surface area contributed by atoms with Gasteiger partial charge in [0.25, 0.3) is 0 Å². The topological polar surface area (TPSA) is 39.9 Å². The first-order chi connectivity index (χ1) is 13.4. The van der Waals surface area contributed by atoms with Gasteiger partial charge in [-0.3, -0.25) is 0 Å². The standard InChI is InChI=1S/C21H23ClFN3OS/c1-5-26-20(15(4)27-19-10-9-13(2)11-14(19)3)24-25-21(26)28-12-16-17(22)7-6-8-18(16)23/h6-11,15H,5,12H2,1-4H3. The molecule has 0 amide bonds. The first-order valence-corrected chi connectivity index (χ1v) is 10.5. The van der Waals surface area contributed by atoms with Crippen molar-refractivity contribution in [1.82, 2.24) is 14.8 Å². The van der Waals surface area contributed by atoms with E-state index in [0.717, 1.165) is 17.1 Å². The second-order valence-corrected chi connectivity index (χ2v) is 7.95. The van der Waals surface area contributed by atoms with Crippen molar-refractivity contribution in [3.63, 3.8) is 0 Å². The molecule has 0 aliphatic heterocycles. The third kappa shape index (κ3) is 4.50. The molecule has 1 atom stereocenters. The number of halogens is 2.